The van der Waals surface area contributed by atoms with Crippen molar-refractivity contribution in [2.75, 3.05) is 26.3 Å². The Morgan fingerprint density at radius 3 is 2.61 bits per heavy atom. The highest BCUT2D eigenvalue weighted by Gasteiger charge is 2.22. The van der Waals surface area contributed by atoms with Gasteiger partial charge in [-0.15, -0.1) is 0 Å². The van der Waals surface area contributed by atoms with Gasteiger partial charge < -0.3 is 14.7 Å². The second-order valence-corrected chi connectivity index (χ2v) is 5.20. The van der Waals surface area contributed by atoms with E-state index in [0.29, 0.717) is 11.8 Å². The molecule has 1 aliphatic rings. The summed E-state index contributed by atoms with van der Waals surface area (Å²) in [5, 5.41) is 8.43. The zero-order valence-corrected chi connectivity index (χ0v) is 11.2. The fourth-order valence-corrected chi connectivity index (χ4v) is 2.36. The normalized spacial score (nSPS) is 20.8. The molecule has 0 aromatic heterocycles. The maximum absolute atomic E-state index is 11.8. The summed E-state index contributed by atoms with van der Waals surface area (Å²) in [5.41, 5.74) is 0. The van der Waals surface area contributed by atoms with Crippen molar-refractivity contribution in [3.8, 4) is 0 Å². The number of aliphatic carboxylic acids is 1. The van der Waals surface area contributed by atoms with Crippen molar-refractivity contribution in [1.82, 2.24) is 4.90 Å². The number of carboxylic acids is 1. The minimum atomic E-state index is -1.04. The molecule has 1 amide bonds. The topological polar surface area (TPSA) is 66.8 Å². The lowest BCUT2D eigenvalue weighted by molar-refractivity contribution is -0.145. The summed E-state index contributed by atoms with van der Waals surface area (Å²) in [5.74, 6) is 0.199. The van der Waals surface area contributed by atoms with Crippen LogP contribution in [0.4, 0.5) is 0 Å². The van der Waals surface area contributed by atoms with Gasteiger partial charge in [-0.1, -0.05) is 13.8 Å². The Hall–Kier alpha value is -1.10. The fraction of sp³-hybridized carbons (Fsp3) is 0.846. The van der Waals surface area contributed by atoms with E-state index in [1.165, 1.54) is 0 Å². The molecule has 18 heavy (non-hydrogen) atoms. The monoisotopic (exact) mass is 257 g/mol. The quantitative estimate of drug-likeness (QED) is 0.808. The number of carbonyl (C=O) groups excluding carboxylic acids is 1. The van der Waals surface area contributed by atoms with Gasteiger partial charge in [0.15, 0.2) is 0 Å². The highest BCUT2D eigenvalue weighted by Crippen LogP contribution is 2.24. The number of carbonyl (C=O) groups is 2. The van der Waals surface area contributed by atoms with Crippen LogP contribution >= 0.6 is 0 Å². The lowest BCUT2D eigenvalue weighted by Crippen LogP contribution is -2.35. The molecule has 0 aromatic carbocycles. The number of amides is 1. The van der Waals surface area contributed by atoms with Crippen LogP contribution in [-0.4, -0.2) is 48.2 Å². The van der Waals surface area contributed by atoms with Crippen LogP contribution in [0.2, 0.25) is 0 Å². The van der Waals surface area contributed by atoms with E-state index in [2.05, 4.69) is 13.8 Å². The average Bonchev–Trinajstić information content (AvgIpc) is 2.53. The van der Waals surface area contributed by atoms with Gasteiger partial charge in [0, 0.05) is 13.1 Å². The Kier molecular flexibility index (Phi) is 6.12. The van der Waals surface area contributed by atoms with Gasteiger partial charge >= 0.3 is 5.97 Å². The van der Waals surface area contributed by atoms with E-state index >= 15 is 0 Å². The predicted octanol–water partition coefficient (Wildman–Crippen LogP) is 1.37. The smallest absolute Gasteiger partial charge is 0.329 e. The molecule has 0 spiro atoms. The van der Waals surface area contributed by atoms with E-state index < -0.39 is 12.6 Å². The molecule has 1 atom stereocenters. The van der Waals surface area contributed by atoms with Crippen molar-refractivity contribution >= 4 is 11.9 Å². The molecule has 0 saturated carbocycles. The Labute approximate surface area is 108 Å². The minimum Gasteiger partial charge on any atom is -0.480 e. The molecule has 0 radical (unpaired) electrons. The van der Waals surface area contributed by atoms with Crippen LogP contribution in [0.15, 0.2) is 0 Å². The van der Waals surface area contributed by atoms with Crippen molar-refractivity contribution in [2.24, 2.45) is 11.8 Å². The predicted molar refractivity (Wildman–Crippen MR) is 67.2 cm³/mol. The van der Waals surface area contributed by atoms with Gasteiger partial charge in [0.1, 0.15) is 13.2 Å². The van der Waals surface area contributed by atoms with Crippen molar-refractivity contribution in [1.29, 1.82) is 0 Å². The van der Waals surface area contributed by atoms with Crippen molar-refractivity contribution in [2.45, 2.75) is 33.1 Å². The maximum Gasteiger partial charge on any atom is 0.329 e. The summed E-state index contributed by atoms with van der Waals surface area (Å²) in [4.78, 5) is 23.9. The van der Waals surface area contributed by atoms with E-state index in [1.807, 2.05) is 0 Å². The molecule has 1 aliphatic heterocycles. The molecule has 0 aromatic rings. The summed E-state index contributed by atoms with van der Waals surface area (Å²) < 4.78 is 4.83. The Bertz CT molecular complexity index is 291. The number of likely N-dealkylation sites (tertiary alicyclic amines) is 1. The lowest BCUT2D eigenvalue weighted by Gasteiger charge is -2.21. The SMILES string of the molecule is CC(C)C1CCCN(C(=O)COCC(=O)O)CC1. The molecule has 1 fully saturated rings. The van der Waals surface area contributed by atoms with Gasteiger partial charge in [-0.3, -0.25) is 4.79 Å². The van der Waals surface area contributed by atoms with Crippen molar-refractivity contribution in [3.63, 3.8) is 0 Å². The van der Waals surface area contributed by atoms with Crippen LogP contribution in [0.25, 0.3) is 0 Å². The van der Waals surface area contributed by atoms with E-state index in [4.69, 9.17) is 9.84 Å². The first-order valence-electron chi connectivity index (χ1n) is 6.58. The highest BCUT2D eigenvalue weighted by atomic mass is 16.5. The molecule has 0 aliphatic carbocycles. The Morgan fingerprint density at radius 1 is 1.28 bits per heavy atom. The van der Waals surface area contributed by atoms with Crippen LogP contribution in [-0.2, 0) is 14.3 Å². The second kappa shape index (κ2) is 7.36. The van der Waals surface area contributed by atoms with E-state index in [9.17, 15) is 9.59 Å². The second-order valence-electron chi connectivity index (χ2n) is 5.20. The summed E-state index contributed by atoms with van der Waals surface area (Å²) in [6.45, 7) is 5.43. The molecule has 104 valence electrons. The third-order valence-electron chi connectivity index (χ3n) is 3.52. The van der Waals surface area contributed by atoms with Gasteiger partial charge in [0.2, 0.25) is 5.91 Å². The van der Waals surface area contributed by atoms with Crippen LogP contribution < -0.4 is 0 Å². The molecule has 1 rings (SSSR count). The minimum absolute atomic E-state index is 0.0966. The molecule has 1 unspecified atom stereocenters. The van der Waals surface area contributed by atoms with E-state index in [0.717, 1.165) is 32.4 Å². The first-order valence-corrected chi connectivity index (χ1v) is 6.58. The summed E-state index contributed by atoms with van der Waals surface area (Å²) in [6.07, 6.45) is 3.22. The zero-order chi connectivity index (χ0) is 13.5. The molecule has 0 bridgehead atoms. The van der Waals surface area contributed by atoms with Gasteiger partial charge in [0.25, 0.3) is 0 Å². The van der Waals surface area contributed by atoms with E-state index in [-0.39, 0.29) is 12.5 Å². The van der Waals surface area contributed by atoms with Gasteiger partial charge in [0.05, 0.1) is 0 Å². The zero-order valence-electron chi connectivity index (χ0n) is 11.2. The van der Waals surface area contributed by atoms with Crippen LogP contribution in [0.5, 0.6) is 0 Å². The Morgan fingerprint density at radius 2 is 2.00 bits per heavy atom. The van der Waals surface area contributed by atoms with Crippen LogP contribution in [0.3, 0.4) is 0 Å². The molecule has 5 heteroatoms. The van der Waals surface area contributed by atoms with E-state index in [1.54, 1.807) is 4.90 Å². The number of hydrogen-bond acceptors (Lipinski definition) is 3. The van der Waals surface area contributed by atoms with Crippen molar-refractivity contribution in [3.05, 3.63) is 0 Å². The first-order chi connectivity index (χ1) is 8.50. The largest absolute Gasteiger partial charge is 0.480 e. The number of rotatable bonds is 5. The summed E-state index contributed by atoms with van der Waals surface area (Å²) in [7, 11) is 0. The molecular formula is C13H23NO4. The van der Waals surface area contributed by atoms with Gasteiger partial charge in [-0.2, -0.15) is 0 Å². The number of hydrogen-bond donors (Lipinski definition) is 1. The number of ether oxygens (including phenoxy) is 1. The van der Waals surface area contributed by atoms with Crippen LogP contribution in [0, 0.1) is 11.8 Å². The molecular weight excluding hydrogens is 234 g/mol. The maximum atomic E-state index is 11.8. The fourth-order valence-electron chi connectivity index (χ4n) is 2.36. The summed E-state index contributed by atoms with van der Waals surface area (Å²) in [6, 6.07) is 0. The average molecular weight is 257 g/mol. The molecule has 1 N–H and O–H groups in total. The van der Waals surface area contributed by atoms with Gasteiger partial charge in [-0.25, -0.2) is 4.79 Å². The summed E-state index contributed by atoms with van der Waals surface area (Å²) >= 11 is 0. The standard InChI is InChI=1S/C13H23NO4/c1-10(2)11-4-3-6-14(7-5-11)12(15)8-18-9-13(16)17/h10-11H,3-9H2,1-2H3,(H,16,17). The first kappa shape index (κ1) is 15.0. The Balaban J connectivity index is 2.33. The third kappa shape index (κ3) is 5.04. The van der Waals surface area contributed by atoms with Crippen LogP contribution in [0.1, 0.15) is 33.1 Å². The number of carboxylic acid groups (broad SMARTS) is 1. The van der Waals surface area contributed by atoms with Crippen molar-refractivity contribution < 1.29 is 19.4 Å². The number of nitrogens with zero attached hydrogens (tertiary/aromatic N) is 1. The van der Waals surface area contributed by atoms with Gasteiger partial charge in [-0.05, 0) is 31.1 Å². The lowest BCUT2D eigenvalue weighted by atomic mass is 9.89. The molecule has 1 heterocycles. The highest BCUT2D eigenvalue weighted by molar-refractivity contribution is 5.78. The molecule has 5 nitrogen and oxygen atoms in total. The molecule has 1 saturated heterocycles. The third-order valence-corrected chi connectivity index (χ3v) is 3.52.